The highest BCUT2D eigenvalue weighted by molar-refractivity contribution is 7.91. The highest BCUT2D eigenvalue weighted by Crippen LogP contribution is 2.26. The third kappa shape index (κ3) is 7.48. The Labute approximate surface area is 238 Å². The summed E-state index contributed by atoms with van der Waals surface area (Å²) in [6, 6.07) is 14.6. The molecule has 0 bridgehead atoms. The molecular weight excluding hydrogens is 524 g/mol. The van der Waals surface area contributed by atoms with E-state index in [0.29, 0.717) is 11.5 Å². The van der Waals surface area contributed by atoms with Crippen LogP contribution in [0.4, 0.5) is 11.8 Å². The van der Waals surface area contributed by atoms with Crippen LogP contribution in [0.2, 0.25) is 0 Å². The molecule has 3 aromatic rings. The molecule has 1 saturated carbocycles. The quantitative estimate of drug-likeness (QED) is 0.325. The number of amides is 1. The molecule has 10 heteroatoms. The summed E-state index contributed by atoms with van der Waals surface area (Å²) in [6.07, 6.45) is 5.27. The van der Waals surface area contributed by atoms with Gasteiger partial charge in [-0.05, 0) is 88.0 Å². The predicted molar refractivity (Wildman–Crippen MR) is 162 cm³/mol. The number of carbonyl (C=O) groups excluding carboxylic acids is 1. The number of para-hydroxylation sites is 1. The maximum Gasteiger partial charge on any atom is 0.251 e. The summed E-state index contributed by atoms with van der Waals surface area (Å²) in [7, 11) is 0.508. The fourth-order valence-corrected chi connectivity index (χ4v) is 6.74. The lowest BCUT2D eigenvalue weighted by molar-refractivity contribution is 0.0926. The lowest BCUT2D eigenvalue weighted by atomic mass is 9.91. The molecule has 4 rings (SSSR count). The molecule has 1 amide bonds. The van der Waals surface area contributed by atoms with Gasteiger partial charge in [-0.1, -0.05) is 26.0 Å². The van der Waals surface area contributed by atoms with Gasteiger partial charge in [0.25, 0.3) is 5.91 Å². The summed E-state index contributed by atoms with van der Waals surface area (Å²) in [5, 5.41) is 7.65. The van der Waals surface area contributed by atoms with Crippen LogP contribution < -0.4 is 15.5 Å². The van der Waals surface area contributed by atoms with E-state index in [2.05, 4.69) is 10.6 Å². The third-order valence-electron chi connectivity index (χ3n) is 7.31. The van der Waals surface area contributed by atoms with Gasteiger partial charge in [0.15, 0.2) is 9.84 Å². The van der Waals surface area contributed by atoms with Crippen molar-refractivity contribution in [3.63, 3.8) is 0 Å². The Bertz CT molecular complexity index is 1380. The minimum atomic E-state index is -3.45. The molecule has 9 nitrogen and oxygen atoms in total. The number of anilines is 2. The highest BCUT2D eigenvalue weighted by Gasteiger charge is 2.24. The lowest BCUT2D eigenvalue weighted by Crippen LogP contribution is -2.40. The topological polar surface area (TPSA) is 108 Å². The van der Waals surface area contributed by atoms with Crippen LogP contribution in [0.3, 0.4) is 0 Å². The van der Waals surface area contributed by atoms with Gasteiger partial charge in [-0.3, -0.25) is 9.69 Å². The van der Waals surface area contributed by atoms with E-state index in [-0.39, 0.29) is 28.8 Å². The van der Waals surface area contributed by atoms with E-state index in [0.717, 1.165) is 68.3 Å². The second-order valence-corrected chi connectivity index (χ2v) is 12.8. The van der Waals surface area contributed by atoms with Crippen LogP contribution in [0, 0.1) is 0 Å². The van der Waals surface area contributed by atoms with Crippen molar-refractivity contribution in [1.82, 2.24) is 20.2 Å². The van der Waals surface area contributed by atoms with E-state index in [9.17, 15) is 13.2 Å². The predicted octanol–water partition coefficient (Wildman–Crippen LogP) is 4.70. The van der Waals surface area contributed by atoms with Gasteiger partial charge in [0.05, 0.1) is 10.4 Å². The summed E-state index contributed by atoms with van der Waals surface area (Å²) >= 11 is 0. The molecule has 2 N–H and O–H groups in total. The molecule has 1 aliphatic rings. The summed E-state index contributed by atoms with van der Waals surface area (Å²) in [6.45, 7) is 5.59. The molecule has 216 valence electrons. The molecule has 1 aliphatic carbocycles. The van der Waals surface area contributed by atoms with Crippen molar-refractivity contribution in [2.75, 3.05) is 43.3 Å². The van der Waals surface area contributed by atoms with Crippen LogP contribution in [0.15, 0.2) is 53.4 Å². The summed E-state index contributed by atoms with van der Waals surface area (Å²) in [5.41, 5.74) is 1.38. The second-order valence-electron chi connectivity index (χ2n) is 10.8. The molecule has 0 saturated heterocycles. The van der Waals surface area contributed by atoms with Crippen LogP contribution in [0.5, 0.6) is 0 Å². The number of carbonyl (C=O) groups is 1. The number of rotatable bonds is 12. The molecule has 0 spiro atoms. The van der Waals surface area contributed by atoms with E-state index in [4.69, 9.17) is 9.97 Å². The smallest absolute Gasteiger partial charge is 0.251 e. The number of nitrogens with one attached hydrogen (secondary N) is 2. The van der Waals surface area contributed by atoms with Gasteiger partial charge < -0.3 is 15.5 Å². The van der Waals surface area contributed by atoms with Crippen LogP contribution >= 0.6 is 0 Å². The monoisotopic (exact) mass is 566 g/mol. The van der Waals surface area contributed by atoms with Crippen molar-refractivity contribution in [3.05, 3.63) is 54.1 Å². The van der Waals surface area contributed by atoms with Gasteiger partial charge in [-0.2, -0.15) is 4.98 Å². The van der Waals surface area contributed by atoms with Gasteiger partial charge in [-0.25, -0.2) is 13.4 Å². The largest absolute Gasteiger partial charge is 0.362 e. The number of hydrogen-bond acceptors (Lipinski definition) is 8. The Kier molecular flexibility index (Phi) is 9.97. The molecule has 1 aromatic heterocycles. The highest BCUT2D eigenvalue weighted by atomic mass is 32.2. The molecule has 2 aromatic carbocycles. The van der Waals surface area contributed by atoms with E-state index in [1.54, 1.807) is 24.3 Å². The van der Waals surface area contributed by atoms with E-state index < -0.39 is 9.84 Å². The van der Waals surface area contributed by atoms with Gasteiger partial charge in [-0.15, -0.1) is 0 Å². The van der Waals surface area contributed by atoms with Crippen molar-refractivity contribution >= 4 is 38.4 Å². The minimum Gasteiger partial charge on any atom is -0.362 e. The zero-order chi connectivity index (χ0) is 28.7. The minimum absolute atomic E-state index is 0.00178. The Hall–Kier alpha value is -3.24. The lowest BCUT2D eigenvalue weighted by Gasteiger charge is -2.30. The van der Waals surface area contributed by atoms with Crippen LogP contribution in [-0.4, -0.2) is 74.3 Å². The van der Waals surface area contributed by atoms with Crippen LogP contribution in [0.25, 0.3) is 10.9 Å². The average molecular weight is 567 g/mol. The first kappa shape index (κ1) is 29.7. The first-order chi connectivity index (χ1) is 19.2. The number of fused-ring (bicyclic) bond motifs is 1. The molecular formula is C30H42N6O3S. The normalized spacial score (nSPS) is 17.6. The Morgan fingerprint density at radius 2 is 1.52 bits per heavy atom. The summed E-state index contributed by atoms with van der Waals surface area (Å²) in [4.78, 5) is 26.6. The van der Waals surface area contributed by atoms with Crippen molar-refractivity contribution in [1.29, 1.82) is 0 Å². The first-order valence-electron chi connectivity index (χ1n) is 14.3. The van der Waals surface area contributed by atoms with Crippen LogP contribution in [-0.2, 0) is 9.84 Å². The number of benzene rings is 2. The summed E-state index contributed by atoms with van der Waals surface area (Å²) < 4.78 is 25.8. The van der Waals surface area contributed by atoms with Crippen molar-refractivity contribution < 1.29 is 13.2 Å². The Balaban J connectivity index is 1.31. The summed E-state index contributed by atoms with van der Waals surface area (Å²) in [5.74, 6) is 1.33. The van der Waals surface area contributed by atoms with Gasteiger partial charge >= 0.3 is 0 Å². The number of sulfone groups is 1. The zero-order valence-electron chi connectivity index (χ0n) is 24.1. The van der Waals surface area contributed by atoms with E-state index >= 15 is 0 Å². The Morgan fingerprint density at radius 3 is 2.15 bits per heavy atom. The maximum absolute atomic E-state index is 12.9. The number of aromatic nitrogens is 2. The van der Waals surface area contributed by atoms with Crippen molar-refractivity contribution in [2.24, 2.45) is 0 Å². The van der Waals surface area contributed by atoms with Crippen LogP contribution in [0.1, 0.15) is 62.7 Å². The van der Waals surface area contributed by atoms with E-state index in [1.165, 1.54) is 0 Å². The number of nitrogens with zero attached hydrogens (tertiary/aromatic N) is 4. The van der Waals surface area contributed by atoms with Gasteiger partial charge in [0.2, 0.25) is 5.95 Å². The molecule has 0 atom stereocenters. The van der Waals surface area contributed by atoms with Gasteiger partial charge in [0, 0.05) is 37.1 Å². The Morgan fingerprint density at radius 1 is 0.900 bits per heavy atom. The molecule has 1 heterocycles. The molecule has 0 radical (unpaired) electrons. The molecule has 0 aliphatic heterocycles. The van der Waals surface area contributed by atoms with E-state index in [1.807, 2.05) is 62.0 Å². The standard InChI is InChI=1S/C30H42N6O3S/c1-5-19-36(20-6-2)21-40(38,39)25-17-11-22(12-18-25)29(37)31-23-13-15-24(16-14-23)32-30-33-27-10-8-7-9-26(27)28(34-30)35(3)4/h7-12,17-18,23-24H,5-6,13-16,19-21H2,1-4H3,(H,31,37)(H,32,33,34). The average Bonchev–Trinajstić information content (AvgIpc) is 2.94. The van der Waals surface area contributed by atoms with Crippen molar-refractivity contribution in [2.45, 2.75) is 69.4 Å². The third-order valence-corrected chi connectivity index (χ3v) is 9.01. The fourth-order valence-electron chi connectivity index (χ4n) is 5.30. The number of hydrogen-bond donors (Lipinski definition) is 2. The molecule has 40 heavy (non-hydrogen) atoms. The SMILES string of the molecule is CCCN(CCC)CS(=O)(=O)c1ccc(C(=O)NC2CCC(Nc3nc(N(C)C)c4ccccc4n3)CC2)cc1. The molecule has 0 unspecified atom stereocenters. The van der Waals surface area contributed by atoms with Gasteiger partial charge in [0.1, 0.15) is 11.7 Å². The van der Waals surface area contributed by atoms with Crippen molar-refractivity contribution in [3.8, 4) is 0 Å². The fraction of sp³-hybridized carbons (Fsp3) is 0.500. The maximum atomic E-state index is 12.9. The zero-order valence-corrected chi connectivity index (χ0v) is 24.9. The second kappa shape index (κ2) is 13.4. The first-order valence-corrected chi connectivity index (χ1v) is 15.9. The molecule has 1 fully saturated rings.